The standard InChI is InChI=1S/C24H24N2O2S/c1-15-7-6-8-16(2)22(15)25-21(27)14-26(3)24(28)20-13-18-12-11-17-9-4-5-10-19(17)23(18)29-20/h4-10,13H,11-12,14H2,1-3H3,(H,25,27). The van der Waals surface area contributed by atoms with Crippen LogP contribution in [0.5, 0.6) is 0 Å². The molecular formula is C24H24N2O2S. The number of hydrogen-bond acceptors (Lipinski definition) is 3. The van der Waals surface area contributed by atoms with Gasteiger partial charge in [-0.05, 0) is 60.6 Å². The van der Waals surface area contributed by atoms with E-state index in [0.29, 0.717) is 4.88 Å². The normalized spacial score (nSPS) is 12.1. The first-order valence-corrected chi connectivity index (χ1v) is 10.6. The Morgan fingerprint density at radius 1 is 1.00 bits per heavy atom. The summed E-state index contributed by atoms with van der Waals surface area (Å²) in [6, 6.07) is 16.3. The number of nitrogens with zero attached hydrogens (tertiary/aromatic N) is 1. The summed E-state index contributed by atoms with van der Waals surface area (Å²) in [5, 5.41) is 2.95. The van der Waals surface area contributed by atoms with E-state index in [0.717, 1.165) is 29.7 Å². The molecule has 0 aliphatic heterocycles. The average molecular weight is 405 g/mol. The lowest BCUT2D eigenvalue weighted by Gasteiger charge is -2.17. The molecule has 1 aliphatic rings. The number of nitrogens with one attached hydrogen (secondary N) is 1. The average Bonchev–Trinajstić information content (AvgIpc) is 3.15. The summed E-state index contributed by atoms with van der Waals surface area (Å²) in [5.41, 5.74) is 6.64. The second kappa shape index (κ2) is 7.84. The van der Waals surface area contributed by atoms with Gasteiger partial charge in [-0.15, -0.1) is 11.3 Å². The largest absolute Gasteiger partial charge is 0.332 e. The van der Waals surface area contributed by atoms with E-state index in [1.165, 1.54) is 37.8 Å². The maximum atomic E-state index is 13.0. The van der Waals surface area contributed by atoms with Gasteiger partial charge in [-0.25, -0.2) is 0 Å². The van der Waals surface area contributed by atoms with Gasteiger partial charge < -0.3 is 10.2 Å². The number of amides is 2. The molecule has 0 fully saturated rings. The minimum absolute atomic E-state index is 0.0196. The zero-order valence-electron chi connectivity index (χ0n) is 16.9. The van der Waals surface area contributed by atoms with Crippen molar-refractivity contribution in [2.24, 2.45) is 0 Å². The molecule has 1 heterocycles. The molecule has 0 unspecified atom stereocenters. The third kappa shape index (κ3) is 3.83. The zero-order valence-corrected chi connectivity index (χ0v) is 17.7. The maximum absolute atomic E-state index is 13.0. The molecule has 1 aromatic heterocycles. The van der Waals surface area contributed by atoms with Crippen molar-refractivity contribution in [3.05, 3.63) is 75.7 Å². The Bertz CT molecular complexity index is 1080. The minimum atomic E-state index is -0.190. The number of carbonyl (C=O) groups excluding carboxylic acids is 2. The van der Waals surface area contributed by atoms with Gasteiger partial charge in [0.1, 0.15) is 0 Å². The van der Waals surface area contributed by atoms with Crippen LogP contribution in [-0.4, -0.2) is 30.3 Å². The van der Waals surface area contributed by atoms with Crippen molar-refractivity contribution >= 4 is 28.8 Å². The number of rotatable bonds is 4. The van der Waals surface area contributed by atoms with Crippen LogP contribution >= 0.6 is 11.3 Å². The fraction of sp³-hybridized carbons (Fsp3) is 0.250. The summed E-state index contributed by atoms with van der Waals surface area (Å²) in [5.74, 6) is -0.302. The van der Waals surface area contributed by atoms with Crippen LogP contribution in [0.2, 0.25) is 0 Å². The summed E-state index contributed by atoms with van der Waals surface area (Å²) in [6.07, 6.45) is 1.95. The molecule has 29 heavy (non-hydrogen) atoms. The van der Waals surface area contributed by atoms with E-state index < -0.39 is 0 Å². The van der Waals surface area contributed by atoms with E-state index in [1.54, 1.807) is 7.05 Å². The molecule has 5 heteroatoms. The van der Waals surface area contributed by atoms with Crippen LogP contribution < -0.4 is 5.32 Å². The molecule has 3 aromatic rings. The van der Waals surface area contributed by atoms with Crippen LogP contribution in [0, 0.1) is 13.8 Å². The highest BCUT2D eigenvalue weighted by atomic mass is 32.1. The summed E-state index contributed by atoms with van der Waals surface area (Å²) in [6.45, 7) is 3.95. The Labute approximate surface area is 175 Å². The van der Waals surface area contributed by atoms with E-state index in [4.69, 9.17) is 0 Å². The lowest BCUT2D eigenvalue weighted by Crippen LogP contribution is -2.34. The number of anilines is 1. The van der Waals surface area contributed by atoms with Gasteiger partial charge in [0, 0.05) is 17.6 Å². The highest BCUT2D eigenvalue weighted by Crippen LogP contribution is 2.39. The van der Waals surface area contributed by atoms with Crippen LogP contribution in [-0.2, 0) is 17.6 Å². The van der Waals surface area contributed by atoms with E-state index >= 15 is 0 Å². The zero-order chi connectivity index (χ0) is 20.5. The first kappa shape index (κ1) is 19.4. The van der Waals surface area contributed by atoms with Gasteiger partial charge in [-0.2, -0.15) is 0 Å². The number of fused-ring (bicyclic) bond motifs is 3. The van der Waals surface area contributed by atoms with Crippen molar-refractivity contribution in [3.63, 3.8) is 0 Å². The number of aryl methyl sites for hydroxylation is 4. The Morgan fingerprint density at radius 3 is 2.45 bits per heavy atom. The predicted molar refractivity (Wildman–Crippen MR) is 119 cm³/mol. The molecule has 148 valence electrons. The minimum Gasteiger partial charge on any atom is -0.332 e. The summed E-state index contributed by atoms with van der Waals surface area (Å²) < 4.78 is 0. The monoisotopic (exact) mass is 404 g/mol. The second-order valence-corrected chi connectivity index (χ2v) is 8.65. The highest BCUT2D eigenvalue weighted by Gasteiger charge is 2.23. The molecule has 0 saturated carbocycles. The fourth-order valence-corrected chi connectivity index (χ4v) is 5.11. The lowest BCUT2D eigenvalue weighted by molar-refractivity contribution is -0.116. The molecule has 4 rings (SSSR count). The number of hydrogen-bond donors (Lipinski definition) is 1. The smallest absolute Gasteiger partial charge is 0.264 e. The molecule has 0 saturated heterocycles. The predicted octanol–water partition coefficient (Wildman–Crippen LogP) is 4.84. The highest BCUT2D eigenvalue weighted by molar-refractivity contribution is 7.17. The first-order valence-electron chi connectivity index (χ1n) is 9.76. The van der Waals surface area contributed by atoms with Gasteiger partial charge in [0.25, 0.3) is 5.91 Å². The van der Waals surface area contributed by atoms with Gasteiger partial charge in [0.05, 0.1) is 11.4 Å². The third-order valence-corrected chi connectivity index (χ3v) is 6.62. The summed E-state index contributed by atoms with van der Waals surface area (Å²) >= 11 is 1.53. The van der Waals surface area contributed by atoms with Gasteiger partial charge >= 0.3 is 0 Å². The maximum Gasteiger partial charge on any atom is 0.264 e. The van der Waals surface area contributed by atoms with Crippen molar-refractivity contribution in [1.29, 1.82) is 0 Å². The topological polar surface area (TPSA) is 49.4 Å². The number of benzene rings is 2. The lowest BCUT2D eigenvalue weighted by atomic mass is 9.91. The SMILES string of the molecule is Cc1cccc(C)c1NC(=O)CN(C)C(=O)c1cc2c(s1)-c1ccccc1CC2. The Morgan fingerprint density at radius 2 is 1.69 bits per heavy atom. The van der Waals surface area contributed by atoms with Crippen molar-refractivity contribution in [1.82, 2.24) is 4.90 Å². The van der Waals surface area contributed by atoms with Crippen LogP contribution in [0.1, 0.15) is 31.9 Å². The van der Waals surface area contributed by atoms with E-state index in [-0.39, 0.29) is 18.4 Å². The van der Waals surface area contributed by atoms with Crippen LogP contribution in [0.25, 0.3) is 10.4 Å². The van der Waals surface area contributed by atoms with E-state index in [1.807, 2.05) is 44.2 Å². The fourth-order valence-electron chi connectivity index (χ4n) is 3.84. The van der Waals surface area contributed by atoms with Gasteiger partial charge in [0.2, 0.25) is 5.91 Å². The van der Waals surface area contributed by atoms with Gasteiger partial charge in [-0.3, -0.25) is 9.59 Å². The summed E-state index contributed by atoms with van der Waals surface area (Å²) in [4.78, 5) is 28.8. The molecule has 4 nitrogen and oxygen atoms in total. The molecule has 2 aromatic carbocycles. The van der Waals surface area contributed by atoms with Crippen LogP contribution in [0.3, 0.4) is 0 Å². The number of para-hydroxylation sites is 1. The molecule has 1 aliphatic carbocycles. The van der Waals surface area contributed by atoms with Crippen LogP contribution in [0.4, 0.5) is 5.69 Å². The summed E-state index contributed by atoms with van der Waals surface area (Å²) in [7, 11) is 1.68. The van der Waals surface area contributed by atoms with Crippen molar-refractivity contribution in [2.45, 2.75) is 26.7 Å². The second-order valence-electron chi connectivity index (χ2n) is 7.60. The Hall–Kier alpha value is -2.92. The third-order valence-electron chi connectivity index (χ3n) is 5.42. The van der Waals surface area contributed by atoms with Crippen LogP contribution in [0.15, 0.2) is 48.5 Å². The van der Waals surface area contributed by atoms with Gasteiger partial charge in [0.15, 0.2) is 0 Å². The molecular weight excluding hydrogens is 380 g/mol. The van der Waals surface area contributed by atoms with E-state index in [2.05, 4.69) is 23.5 Å². The Kier molecular flexibility index (Phi) is 5.24. The van der Waals surface area contributed by atoms with Crippen molar-refractivity contribution < 1.29 is 9.59 Å². The number of likely N-dealkylation sites (N-methyl/N-ethyl adjacent to an activating group) is 1. The van der Waals surface area contributed by atoms with E-state index in [9.17, 15) is 9.59 Å². The molecule has 0 radical (unpaired) electrons. The molecule has 2 amide bonds. The Balaban J connectivity index is 1.48. The molecule has 1 N–H and O–H groups in total. The molecule has 0 spiro atoms. The first-order chi connectivity index (χ1) is 13.9. The van der Waals surface area contributed by atoms with Crippen molar-refractivity contribution in [3.8, 4) is 10.4 Å². The quantitative estimate of drug-likeness (QED) is 0.676. The van der Waals surface area contributed by atoms with Gasteiger partial charge in [-0.1, -0.05) is 42.5 Å². The number of thiophene rings is 1. The van der Waals surface area contributed by atoms with Crippen molar-refractivity contribution in [2.75, 3.05) is 18.9 Å². The number of carbonyl (C=O) groups is 2. The molecule has 0 atom stereocenters. The molecule has 0 bridgehead atoms.